The number of halogens is 1. The van der Waals surface area contributed by atoms with E-state index in [1.807, 2.05) is 5.38 Å². The molecule has 0 spiro atoms. The maximum absolute atomic E-state index is 9.34. The van der Waals surface area contributed by atoms with Crippen molar-refractivity contribution in [1.82, 2.24) is 0 Å². The van der Waals surface area contributed by atoms with E-state index in [1.54, 1.807) is 6.07 Å². The van der Waals surface area contributed by atoms with Gasteiger partial charge in [-0.3, -0.25) is 0 Å². The van der Waals surface area contributed by atoms with Crippen LogP contribution in [-0.4, -0.2) is 5.11 Å². The van der Waals surface area contributed by atoms with Crippen LogP contribution in [0, 0.1) is 12.3 Å². The summed E-state index contributed by atoms with van der Waals surface area (Å²) in [6, 6.07) is 1.73. The van der Waals surface area contributed by atoms with Crippen LogP contribution in [0.3, 0.4) is 0 Å². The Labute approximate surface area is 74.6 Å². The summed E-state index contributed by atoms with van der Waals surface area (Å²) in [6.45, 7) is 0. The summed E-state index contributed by atoms with van der Waals surface area (Å²) in [5.41, 5.74) is 0.804. The van der Waals surface area contributed by atoms with E-state index in [0.717, 1.165) is 5.56 Å². The molecule has 11 heavy (non-hydrogen) atoms. The molecule has 1 nitrogen and oxygen atoms in total. The van der Waals surface area contributed by atoms with E-state index in [4.69, 9.17) is 18.0 Å². The second-order valence-electron chi connectivity index (χ2n) is 2.11. The standard InChI is InChI=1S/C8H7ClOS/c1-2-3-7(10)6-4-8(9)11-5-6/h1,4-5,7,10H,3H2. The highest BCUT2D eigenvalue weighted by Gasteiger charge is 2.06. The van der Waals surface area contributed by atoms with Crippen molar-refractivity contribution in [1.29, 1.82) is 0 Å². The molecule has 0 saturated carbocycles. The molecule has 0 aliphatic rings. The minimum Gasteiger partial charge on any atom is -0.387 e. The number of hydrogen-bond acceptors (Lipinski definition) is 2. The average Bonchev–Trinajstić information content (AvgIpc) is 2.36. The summed E-state index contributed by atoms with van der Waals surface area (Å²) >= 11 is 7.06. The van der Waals surface area contributed by atoms with Crippen LogP contribution in [0.15, 0.2) is 11.4 Å². The van der Waals surface area contributed by atoms with Crippen LogP contribution in [0.2, 0.25) is 4.34 Å². The van der Waals surface area contributed by atoms with Gasteiger partial charge in [0.2, 0.25) is 0 Å². The van der Waals surface area contributed by atoms with Crippen molar-refractivity contribution < 1.29 is 5.11 Å². The minimum atomic E-state index is -0.566. The number of terminal acetylenes is 1. The Morgan fingerprint density at radius 2 is 2.55 bits per heavy atom. The molecule has 58 valence electrons. The predicted molar refractivity (Wildman–Crippen MR) is 47.7 cm³/mol. The molecule has 1 unspecified atom stereocenters. The van der Waals surface area contributed by atoms with Crippen molar-refractivity contribution in [2.45, 2.75) is 12.5 Å². The fourth-order valence-electron chi connectivity index (χ4n) is 0.728. The number of aliphatic hydroxyl groups is 1. The third-order valence-corrected chi connectivity index (χ3v) is 2.39. The van der Waals surface area contributed by atoms with Gasteiger partial charge in [0.15, 0.2) is 0 Å². The first kappa shape index (κ1) is 8.61. The molecule has 1 N–H and O–H groups in total. The average molecular weight is 187 g/mol. The fraction of sp³-hybridized carbons (Fsp3) is 0.250. The van der Waals surface area contributed by atoms with Gasteiger partial charge in [0.1, 0.15) is 0 Å². The zero-order chi connectivity index (χ0) is 8.27. The van der Waals surface area contributed by atoms with Gasteiger partial charge in [-0.25, -0.2) is 0 Å². The third kappa shape index (κ3) is 2.23. The Kier molecular flexibility index (Phi) is 2.95. The molecule has 1 heterocycles. The van der Waals surface area contributed by atoms with E-state index in [-0.39, 0.29) is 0 Å². The van der Waals surface area contributed by atoms with Gasteiger partial charge < -0.3 is 5.11 Å². The van der Waals surface area contributed by atoms with Crippen molar-refractivity contribution in [2.75, 3.05) is 0 Å². The smallest absolute Gasteiger partial charge is 0.0932 e. The lowest BCUT2D eigenvalue weighted by Crippen LogP contribution is -1.92. The lowest BCUT2D eigenvalue weighted by molar-refractivity contribution is 0.184. The normalized spacial score (nSPS) is 12.5. The molecule has 0 aromatic carbocycles. The van der Waals surface area contributed by atoms with Crippen molar-refractivity contribution in [2.24, 2.45) is 0 Å². The molecule has 0 aliphatic carbocycles. The molecule has 1 atom stereocenters. The molecular formula is C8H7ClOS. The van der Waals surface area contributed by atoms with Gasteiger partial charge in [-0.2, -0.15) is 0 Å². The van der Waals surface area contributed by atoms with Gasteiger partial charge in [-0.1, -0.05) is 11.6 Å². The van der Waals surface area contributed by atoms with Crippen LogP contribution in [0.25, 0.3) is 0 Å². The van der Waals surface area contributed by atoms with Gasteiger partial charge in [0.25, 0.3) is 0 Å². The first-order chi connectivity index (χ1) is 5.24. The largest absolute Gasteiger partial charge is 0.387 e. The fourth-order valence-corrected chi connectivity index (χ4v) is 1.67. The molecule has 3 heteroatoms. The highest BCUT2D eigenvalue weighted by Crippen LogP contribution is 2.25. The minimum absolute atomic E-state index is 0.340. The molecule has 0 saturated heterocycles. The van der Waals surface area contributed by atoms with Gasteiger partial charge >= 0.3 is 0 Å². The molecule has 1 aromatic rings. The van der Waals surface area contributed by atoms with Crippen molar-refractivity contribution in [3.8, 4) is 12.3 Å². The van der Waals surface area contributed by atoms with E-state index >= 15 is 0 Å². The van der Waals surface area contributed by atoms with Gasteiger partial charge in [0.05, 0.1) is 10.4 Å². The Morgan fingerprint density at radius 3 is 3.00 bits per heavy atom. The van der Waals surface area contributed by atoms with Crippen LogP contribution >= 0.6 is 22.9 Å². The molecule has 1 aromatic heterocycles. The Balaban J connectivity index is 2.70. The number of rotatable bonds is 2. The predicted octanol–water partition coefficient (Wildman–Crippen LogP) is 2.46. The molecule has 0 fully saturated rings. The Hall–Kier alpha value is -0.490. The van der Waals surface area contributed by atoms with Crippen LogP contribution in [0.1, 0.15) is 18.1 Å². The Morgan fingerprint density at radius 1 is 1.82 bits per heavy atom. The maximum atomic E-state index is 9.34. The van der Waals surface area contributed by atoms with Crippen molar-refractivity contribution >= 4 is 22.9 Å². The molecule has 0 amide bonds. The van der Waals surface area contributed by atoms with Crippen molar-refractivity contribution in [3.05, 3.63) is 21.3 Å². The molecule has 0 bridgehead atoms. The highest BCUT2D eigenvalue weighted by molar-refractivity contribution is 7.14. The van der Waals surface area contributed by atoms with Crippen LogP contribution in [-0.2, 0) is 0 Å². The maximum Gasteiger partial charge on any atom is 0.0932 e. The third-order valence-electron chi connectivity index (χ3n) is 1.28. The van der Waals surface area contributed by atoms with E-state index in [2.05, 4.69) is 5.92 Å². The van der Waals surface area contributed by atoms with Crippen molar-refractivity contribution in [3.63, 3.8) is 0 Å². The first-order valence-corrected chi connectivity index (χ1v) is 4.35. The quantitative estimate of drug-likeness (QED) is 0.704. The number of hydrogen-bond donors (Lipinski definition) is 1. The molecular weight excluding hydrogens is 180 g/mol. The van der Waals surface area contributed by atoms with E-state index < -0.39 is 6.10 Å². The monoisotopic (exact) mass is 186 g/mol. The zero-order valence-corrected chi connectivity index (χ0v) is 7.32. The lowest BCUT2D eigenvalue weighted by atomic mass is 10.1. The molecule has 0 radical (unpaired) electrons. The lowest BCUT2D eigenvalue weighted by Gasteiger charge is -2.01. The summed E-state index contributed by atoms with van der Waals surface area (Å²) in [7, 11) is 0. The van der Waals surface area contributed by atoms with E-state index in [0.29, 0.717) is 10.8 Å². The molecule has 1 rings (SSSR count). The van der Waals surface area contributed by atoms with Crippen LogP contribution in [0.5, 0.6) is 0 Å². The summed E-state index contributed by atoms with van der Waals surface area (Å²) in [5.74, 6) is 2.39. The number of thiophene rings is 1. The SMILES string of the molecule is C#CCC(O)c1csc(Cl)c1. The van der Waals surface area contributed by atoms with Gasteiger partial charge in [0, 0.05) is 6.42 Å². The second kappa shape index (κ2) is 3.77. The summed E-state index contributed by atoms with van der Waals surface area (Å²) in [5, 5.41) is 11.1. The van der Waals surface area contributed by atoms with E-state index in [9.17, 15) is 5.11 Å². The molecule has 0 aliphatic heterocycles. The van der Waals surface area contributed by atoms with Gasteiger partial charge in [-0.05, 0) is 17.0 Å². The topological polar surface area (TPSA) is 20.2 Å². The highest BCUT2D eigenvalue weighted by atomic mass is 35.5. The first-order valence-electron chi connectivity index (χ1n) is 3.09. The van der Waals surface area contributed by atoms with Gasteiger partial charge in [-0.15, -0.1) is 23.7 Å². The van der Waals surface area contributed by atoms with E-state index in [1.165, 1.54) is 11.3 Å². The number of aliphatic hydroxyl groups excluding tert-OH is 1. The Bertz CT molecular complexity index is 274. The second-order valence-corrected chi connectivity index (χ2v) is 3.65. The van der Waals surface area contributed by atoms with Crippen LogP contribution in [0.4, 0.5) is 0 Å². The summed E-state index contributed by atoms with van der Waals surface area (Å²) in [6.07, 6.45) is 4.81. The summed E-state index contributed by atoms with van der Waals surface area (Å²) < 4.78 is 0.677. The summed E-state index contributed by atoms with van der Waals surface area (Å²) in [4.78, 5) is 0. The van der Waals surface area contributed by atoms with Crippen LogP contribution < -0.4 is 0 Å². The zero-order valence-electron chi connectivity index (χ0n) is 5.75.